The summed E-state index contributed by atoms with van der Waals surface area (Å²) in [5.41, 5.74) is 5.13. The Morgan fingerprint density at radius 3 is 2.21 bits per heavy atom. The molecule has 0 saturated carbocycles. The predicted octanol–water partition coefficient (Wildman–Crippen LogP) is 1.17. The zero-order valence-electron chi connectivity index (χ0n) is 12.9. The highest BCUT2D eigenvalue weighted by Gasteiger charge is 2.25. The number of carbonyl (C=O) groups excluding carboxylic acids is 2. The molecule has 0 aromatic heterocycles. The van der Waals surface area contributed by atoms with Gasteiger partial charge in [0.2, 0.25) is 11.8 Å². The summed E-state index contributed by atoms with van der Waals surface area (Å²) >= 11 is 0. The van der Waals surface area contributed by atoms with Crippen molar-refractivity contribution in [2.45, 2.75) is 66.0 Å². The summed E-state index contributed by atoms with van der Waals surface area (Å²) in [5.74, 6) is -0.308. The number of hydrogen-bond donors (Lipinski definition) is 3. The van der Waals surface area contributed by atoms with Gasteiger partial charge >= 0.3 is 0 Å². The summed E-state index contributed by atoms with van der Waals surface area (Å²) in [7, 11) is 0. The molecule has 5 heteroatoms. The number of carbonyl (C=O) groups is 2. The first-order chi connectivity index (χ1) is 8.72. The van der Waals surface area contributed by atoms with E-state index < -0.39 is 11.5 Å². The summed E-state index contributed by atoms with van der Waals surface area (Å²) in [6.45, 7) is 9.66. The zero-order chi connectivity index (χ0) is 15.1. The summed E-state index contributed by atoms with van der Waals surface area (Å²) in [4.78, 5) is 23.7. The smallest absolute Gasteiger partial charge is 0.242 e. The Bertz CT molecular complexity index is 298. The Hall–Kier alpha value is -1.10. The third kappa shape index (κ3) is 7.15. The van der Waals surface area contributed by atoms with Gasteiger partial charge in [0.1, 0.15) is 6.04 Å². The first-order valence-corrected chi connectivity index (χ1v) is 7.03. The van der Waals surface area contributed by atoms with Gasteiger partial charge in [-0.15, -0.1) is 0 Å². The lowest BCUT2D eigenvalue weighted by atomic mass is 9.95. The second-order valence-corrected chi connectivity index (χ2v) is 6.03. The molecule has 0 aromatic carbocycles. The lowest BCUT2D eigenvalue weighted by molar-refractivity contribution is -0.133. The molecule has 0 fully saturated rings. The minimum Gasteiger partial charge on any atom is -0.350 e. The number of unbranched alkanes of at least 4 members (excludes halogenated alkanes) is 1. The molecule has 0 spiro atoms. The largest absolute Gasteiger partial charge is 0.350 e. The van der Waals surface area contributed by atoms with Crippen LogP contribution >= 0.6 is 0 Å². The van der Waals surface area contributed by atoms with E-state index in [0.717, 1.165) is 19.3 Å². The van der Waals surface area contributed by atoms with Crippen LogP contribution in [0.1, 0.15) is 53.9 Å². The highest BCUT2D eigenvalue weighted by atomic mass is 16.2. The molecule has 2 atom stereocenters. The molecule has 112 valence electrons. The monoisotopic (exact) mass is 271 g/mol. The van der Waals surface area contributed by atoms with Crippen LogP contribution in [0, 0.1) is 5.41 Å². The second kappa shape index (κ2) is 8.15. The van der Waals surface area contributed by atoms with Crippen molar-refractivity contribution < 1.29 is 9.59 Å². The molecule has 0 radical (unpaired) electrons. The van der Waals surface area contributed by atoms with Gasteiger partial charge < -0.3 is 16.4 Å². The molecule has 0 aromatic rings. The molecule has 0 aliphatic heterocycles. The molecule has 0 saturated heterocycles. The number of nitrogens with two attached hydrogens (primary N) is 1. The maximum absolute atomic E-state index is 12.0. The molecule has 0 bridgehead atoms. The fourth-order valence-electron chi connectivity index (χ4n) is 1.50. The summed E-state index contributed by atoms with van der Waals surface area (Å²) in [6, 6.07) is -0.552. The van der Waals surface area contributed by atoms with E-state index in [1.54, 1.807) is 6.92 Å². The van der Waals surface area contributed by atoms with Gasteiger partial charge in [0.15, 0.2) is 0 Å². The van der Waals surface area contributed by atoms with Gasteiger partial charge in [0.05, 0.1) is 0 Å². The number of amides is 2. The van der Waals surface area contributed by atoms with Crippen LogP contribution in [0.25, 0.3) is 0 Å². The fourth-order valence-corrected chi connectivity index (χ4v) is 1.50. The number of nitrogens with one attached hydrogen (secondary N) is 2. The molecule has 0 heterocycles. The summed E-state index contributed by atoms with van der Waals surface area (Å²) < 4.78 is 0. The van der Waals surface area contributed by atoms with Crippen molar-refractivity contribution in [3.63, 3.8) is 0 Å². The molecule has 19 heavy (non-hydrogen) atoms. The van der Waals surface area contributed by atoms with Crippen LogP contribution in [0.5, 0.6) is 0 Å². The third-order valence-electron chi connectivity index (χ3n) is 2.96. The minimum atomic E-state index is -0.539. The first-order valence-electron chi connectivity index (χ1n) is 7.03. The highest BCUT2D eigenvalue weighted by Crippen LogP contribution is 2.12. The highest BCUT2D eigenvalue weighted by molar-refractivity contribution is 5.89. The SMILES string of the molecule is CCCCC(CN)NC(=O)C(C)NC(=O)C(C)(C)C. The lowest BCUT2D eigenvalue weighted by Gasteiger charge is -2.23. The van der Waals surface area contributed by atoms with Crippen LogP contribution in [0.2, 0.25) is 0 Å². The van der Waals surface area contributed by atoms with E-state index in [2.05, 4.69) is 17.6 Å². The summed E-state index contributed by atoms with van der Waals surface area (Å²) in [6.07, 6.45) is 2.98. The fraction of sp³-hybridized carbons (Fsp3) is 0.857. The molecule has 0 aliphatic carbocycles. The van der Waals surface area contributed by atoms with Crippen molar-refractivity contribution in [3.8, 4) is 0 Å². The molecule has 4 N–H and O–H groups in total. The quantitative estimate of drug-likeness (QED) is 0.650. The van der Waals surface area contributed by atoms with Crippen LogP contribution in [0.3, 0.4) is 0 Å². The van der Waals surface area contributed by atoms with Crippen molar-refractivity contribution in [1.29, 1.82) is 0 Å². The molecule has 2 amide bonds. The van der Waals surface area contributed by atoms with Crippen molar-refractivity contribution in [3.05, 3.63) is 0 Å². The van der Waals surface area contributed by atoms with Gasteiger partial charge in [-0.2, -0.15) is 0 Å². The predicted molar refractivity (Wildman–Crippen MR) is 77.6 cm³/mol. The van der Waals surface area contributed by atoms with Crippen LogP contribution in [-0.4, -0.2) is 30.4 Å². The summed E-state index contributed by atoms with van der Waals surface area (Å²) in [5, 5.41) is 5.59. The first kappa shape index (κ1) is 17.9. The van der Waals surface area contributed by atoms with Gasteiger partial charge in [-0.1, -0.05) is 40.5 Å². The van der Waals surface area contributed by atoms with Gasteiger partial charge in [0.25, 0.3) is 0 Å². The molecular weight excluding hydrogens is 242 g/mol. The van der Waals surface area contributed by atoms with Crippen LogP contribution < -0.4 is 16.4 Å². The number of hydrogen-bond acceptors (Lipinski definition) is 3. The normalized spacial score (nSPS) is 14.6. The van der Waals surface area contributed by atoms with E-state index in [1.165, 1.54) is 0 Å². The lowest BCUT2D eigenvalue weighted by Crippen LogP contribution is -2.51. The van der Waals surface area contributed by atoms with E-state index in [1.807, 2.05) is 20.8 Å². The maximum atomic E-state index is 12.0. The Balaban J connectivity index is 4.29. The Labute approximate surface area is 116 Å². The van der Waals surface area contributed by atoms with Gasteiger partial charge in [-0.25, -0.2) is 0 Å². The van der Waals surface area contributed by atoms with E-state index in [0.29, 0.717) is 6.54 Å². The van der Waals surface area contributed by atoms with Crippen LogP contribution in [0.4, 0.5) is 0 Å². The van der Waals surface area contributed by atoms with Gasteiger partial charge in [-0.05, 0) is 13.3 Å². The Morgan fingerprint density at radius 1 is 1.21 bits per heavy atom. The van der Waals surface area contributed by atoms with E-state index in [-0.39, 0.29) is 17.9 Å². The van der Waals surface area contributed by atoms with Crippen molar-refractivity contribution in [2.75, 3.05) is 6.54 Å². The van der Waals surface area contributed by atoms with Crippen molar-refractivity contribution in [1.82, 2.24) is 10.6 Å². The Morgan fingerprint density at radius 2 is 1.79 bits per heavy atom. The maximum Gasteiger partial charge on any atom is 0.242 e. The Kier molecular flexibility index (Phi) is 7.68. The second-order valence-electron chi connectivity index (χ2n) is 6.03. The van der Waals surface area contributed by atoms with Gasteiger partial charge in [0, 0.05) is 18.0 Å². The van der Waals surface area contributed by atoms with Crippen molar-refractivity contribution >= 4 is 11.8 Å². The van der Waals surface area contributed by atoms with E-state index in [4.69, 9.17) is 5.73 Å². The molecular formula is C14H29N3O2. The third-order valence-corrected chi connectivity index (χ3v) is 2.96. The molecule has 5 nitrogen and oxygen atoms in total. The van der Waals surface area contributed by atoms with Crippen LogP contribution in [-0.2, 0) is 9.59 Å². The average Bonchev–Trinajstić information content (AvgIpc) is 2.32. The molecule has 0 aliphatic rings. The zero-order valence-corrected chi connectivity index (χ0v) is 12.9. The molecule has 0 rings (SSSR count). The van der Waals surface area contributed by atoms with E-state index in [9.17, 15) is 9.59 Å². The van der Waals surface area contributed by atoms with Crippen LogP contribution in [0.15, 0.2) is 0 Å². The molecule has 2 unspecified atom stereocenters. The minimum absolute atomic E-state index is 0.0126. The average molecular weight is 271 g/mol. The van der Waals surface area contributed by atoms with Gasteiger partial charge in [-0.3, -0.25) is 9.59 Å². The topological polar surface area (TPSA) is 84.2 Å². The van der Waals surface area contributed by atoms with Crippen molar-refractivity contribution in [2.24, 2.45) is 11.1 Å². The van der Waals surface area contributed by atoms with E-state index >= 15 is 0 Å². The number of rotatable bonds is 7. The standard InChI is InChI=1S/C14H29N3O2/c1-6-7-8-11(9-15)17-12(18)10(2)16-13(19)14(3,4)5/h10-11H,6-9,15H2,1-5H3,(H,16,19)(H,17,18).